The van der Waals surface area contributed by atoms with Crippen LogP contribution in [0, 0.1) is 0 Å². The van der Waals surface area contributed by atoms with Gasteiger partial charge in [-0.05, 0) is 43.4 Å². The zero-order valence-corrected chi connectivity index (χ0v) is 18.0. The molecule has 2 aromatic carbocycles. The Hall–Kier alpha value is -3.28. The lowest BCUT2D eigenvalue weighted by molar-refractivity contribution is -0.132. The summed E-state index contributed by atoms with van der Waals surface area (Å²) in [6.07, 6.45) is 4.73. The van der Waals surface area contributed by atoms with E-state index in [1.807, 2.05) is 60.5 Å². The van der Waals surface area contributed by atoms with Crippen LogP contribution in [-0.4, -0.2) is 52.4 Å². The van der Waals surface area contributed by atoms with Crippen molar-refractivity contribution in [3.63, 3.8) is 0 Å². The van der Waals surface area contributed by atoms with Crippen molar-refractivity contribution in [2.75, 3.05) is 19.6 Å². The summed E-state index contributed by atoms with van der Waals surface area (Å²) in [4.78, 5) is 32.7. The number of amides is 3. The van der Waals surface area contributed by atoms with Gasteiger partial charge in [-0.2, -0.15) is 0 Å². The average molecular weight is 419 g/mol. The molecule has 0 spiro atoms. The Morgan fingerprint density at radius 1 is 1.06 bits per heavy atom. The molecule has 0 unspecified atom stereocenters. The number of nitrogens with zero attached hydrogens (tertiary/aromatic N) is 2. The Labute approximate surface area is 183 Å². The molecule has 1 fully saturated rings. The Morgan fingerprint density at radius 3 is 2.55 bits per heavy atom. The summed E-state index contributed by atoms with van der Waals surface area (Å²) in [5.41, 5.74) is 3.39. The molecule has 1 aromatic heterocycles. The Bertz CT molecular complexity index is 1030. The average Bonchev–Trinajstić information content (AvgIpc) is 3.55. The molecule has 3 aromatic rings. The van der Waals surface area contributed by atoms with Crippen LogP contribution in [0.15, 0.2) is 60.8 Å². The summed E-state index contributed by atoms with van der Waals surface area (Å²) in [6.45, 7) is 3.72. The van der Waals surface area contributed by atoms with Crippen LogP contribution in [0.25, 0.3) is 10.9 Å². The van der Waals surface area contributed by atoms with Crippen molar-refractivity contribution < 1.29 is 9.59 Å². The topological polar surface area (TPSA) is 68.4 Å². The molecule has 0 bridgehead atoms. The number of fused-ring (bicyclic) bond motifs is 1. The van der Waals surface area contributed by atoms with Crippen LogP contribution in [-0.2, 0) is 17.8 Å². The number of urea groups is 1. The van der Waals surface area contributed by atoms with E-state index in [0.717, 1.165) is 30.3 Å². The zero-order chi connectivity index (χ0) is 21.6. The van der Waals surface area contributed by atoms with E-state index in [9.17, 15) is 9.59 Å². The van der Waals surface area contributed by atoms with Crippen LogP contribution in [0.2, 0.25) is 0 Å². The SMILES string of the molecule is CCNC(=O)N(CC(=O)N(CCc1c[nH]c2ccccc12)Cc1ccccc1)C1CC1. The summed E-state index contributed by atoms with van der Waals surface area (Å²) in [5.74, 6) is -0.0122. The summed E-state index contributed by atoms with van der Waals surface area (Å²) in [7, 11) is 0. The number of para-hydroxylation sites is 1. The minimum absolute atomic E-state index is 0.0122. The van der Waals surface area contributed by atoms with Gasteiger partial charge in [0.1, 0.15) is 6.54 Å². The molecule has 6 heteroatoms. The van der Waals surface area contributed by atoms with Crippen LogP contribution in [0.5, 0.6) is 0 Å². The maximum absolute atomic E-state index is 13.3. The van der Waals surface area contributed by atoms with Gasteiger partial charge in [0, 0.05) is 42.8 Å². The minimum atomic E-state index is -0.144. The third-order valence-electron chi connectivity index (χ3n) is 5.78. The highest BCUT2D eigenvalue weighted by atomic mass is 16.2. The fourth-order valence-electron chi connectivity index (χ4n) is 3.94. The van der Waals surface area contributed by atoms with Crippen LogP contribution < -0.4 is 5.32 Å². The van der Waals surface area contributed by atoms with E-state index in [2.05, 4.69) is 22.4 Å². The lowest BCUT2D eigenvalue weighted by Gasteiger charge is -2.28. The Kier molecular flexibility index (Phi) is 6.55. The first-order chi connectivity index (χ1) is 15.2. The standard InChI is InChI=1S/C25H30N4O2/c1-2-26-25(31)29(21-12-13-21)18-24(30)28(17-19-8-4-3-5-9-19)15-14-20-16-27-23-11-7-6-10-22(20)23/h3-11,16,21,27H,2,12-15,17-18H2,1H3,(H,26,31). The molecule has 3 amide bonds. The highest BCUT2D eigenvalue weighted by Crippen LogP contribution is 2.27. The van der Waals surface area contributed by atoms with E-state index >= 15 is 0 Å². The van der Waals surface area contributed by atoms with Gasteiger partial charge < -0.3 is 20.1 Å². The van der Waals surface area contributed by atoms with Crippen LogP contribution in [0.1, 0.15) is 30.9 Å². The van der Waals surface area contributed by atoms with E-state index in [1.165, 1.54) is 10.9 Å². The van der Waals surface area contributed by atoms with Gasteiger partial charge in [-0.15, -0.1) is 0 Å². The molecule has 162 valence electrons. The van der Waals surface area contributed by atoms with Gasteiger partial charge in [-0.25, -0.2) is 4.79 Å². The highest BCUT2D eigenvalue weighted by molar-refractivity contribution is 5.85. The molecule has 1 heterocycles. The third kappa shape index (κ3) is 5.26. The Morgan fingerprint density at radius 2 is 1.81 bits per heavy atom. The summed E-state index contributed by atoms with van der Waals surface area (Å²) < 4.78 is 0. The second-order valence-corrected chi connectivity index (χ2v) is 8.10. The Balaban J connectivity index is 1.49. The monoisotopic (exact) mass is 418 g/mol. The molecular weight excluding hydrogens is 388 g/mol. The second-order valence-electron chi connectivity index (χ2n) is 8.10. The number of hydrogen-bond donors (Lipinski definition) is 2. The zero-order valence-electron chi connectivity index (χ0n) is 18.0. The summed E-state index contributed by atoms with van der Waals surface area (Å²) >= 11 is 0. The molecule has 4 rings (SSSR count). The number of rotatable bonds is 9. The van der Waals surface area contributed by atoms with Gasteiger partial charge in [0.15, 0.2) is 0 Å². The van der Waals surface area contributed by atoms with Gasteiger partial charge in [0.05, 0.1) is 0 Å². The summed E-state index contributed by atoms with van der Waals surface area (Å²) in [6, 6.07) is 18.3. The molecule has 31 heavy (non-hydrogen) atoms. The molecule has 0 atom stereocenters. The number of H-pyrrole nitrogens is 1. The lowest BCUT2D eigenvalue weighted by atomic mass is 10.1. The molecule has 0 radical (unpaired) electrons. The van der Waals surface area contributed by atoms with Gasteiger partial charge in [0.25, 0.3) is 0 Å². The van der Waals surface area contributed by atoms with Crippen molar-refractivity contribution in [1.82, 2.24) is 20.1 Å². The quantitative estimate of drug-likeness (QED) is 0.553. The smallest absolute Gasteiger partial charge is 0.318 e. The number of carbonyl (C=O) groups excluding carboxylic acids is 2. The number of nitrogens with one attached hydrogen (secondary N) is 2. The number of benzene rings is 2. The minimum Gasteiger partial charge on any atom is -0.361 e. The van der Waals surface area contributed by atoms with Crippen molar-refractivity contribution in [3.8, 4) is 0 Å². The maximum atomic E-state index is 13.3. The molecule has 2 N–H and O–H groups in total. The first-order valence-corrected chi connectivity index (χ1v) is 11.1. The molecule has 1 saturated carbocycles. The first-order valence-electron chi connectivity index (χ1n) is 11.1. The molecule has 6 nitrogen and oxygen atoms in total. The predicted molar refractivity (Wildman–Crippen MR) is 123 cm³/mol. The van der Waals surface area contributed by atoms with Crippen molar-refractivity contribution in [2.24, 2.45) is 0 Å². The third-order valence-corrected chi connectivity index (χ3v) is 5.78. The maximum Gasteiger partial charge on any atom is 0.318 e. The number of aromatic amines is 1. The fraction of sp³-hybridized carbons (Fsp3) is 0.360. The second kappa shape index (κ2) is 9.69. The molecule has 0 saturated heterocycles. The van der Waals surface area contributed by atoms with E-state index in [1.54, 1.807) is 4.90 Å². The van der Waals surface area contributed by atoms with Crippen LogP contribution in [0.4, 0.5) is 4.79 Å². The largest absolute Gasteiger partial charge is 0.361 e. The van der Waals surface area contributed by atoms with Gasteiger partial charge in [0.2, 0.25) is 5.91 Å². The molecule has 1 aliphatic rings. The van der Waals surface area contributed by atoms with Crippen molar-refractivity contribution in [3.05, 3.63) is 71.9 Å². The number of hydrogen-bond acceptors (Lipinski definition) is 2. The van der Waals surface area contributed by atoms with Crippen LogP contribution >= 0.6 is 0 Å². The lowest BCUT2D eigenvalue weighted by Crippen LogP contribution is -2.48. The van der Waals surface area contributed by atoms with E-state index in [-0.39, 0.29) is 24.5 Å². The van der Waals surface area contributed by atoms with E-state index in [0.29, 0.717) is 19.6 Å². The van der Waals surface area contributed by atoms with Gasteiger partial charge in [-0.3, -0.25) is 4.79 Å². The highest BCUT2D eigenvalue weighted by Gasteiger charge is 2.34. The fourth-order valence-corrected chi connectivity index (χ4v) is 3.94. The van der Waals surface area contributed by atoms with Crippen molar-refractivity contribution in [1.29, 1.82) is 0 Å². The van der Waals surface area contributed by atoms with Crippen molar-refractivity contribution >= 4 is 22.8 Å². The van der Waals surface area contributed by atoms with E-state index in [4.69, 9.17) is 0 Å². The van der Waals surface area contributed by atoms with Gasteiger partial charge >= 0.3 is 6.03 Å². The van der Waals surface area contributed by atoms with E-state index < -0.39 is 0 Å². The van der Waals surface area contributed by atoms with Crippen LogP contribution in [0.3, 0.4) is 0 Å². The predicted octanol–water partition coefficient (Wildman–Crippen LogP) is 3.93. The van der Waals surface area contributed by atoms with Gasteiger partial charge in [-0.1, -0.05) is 48.5 Å². The van der Waals surface area contributed by atoms with Crippen molar-refractivity contribution in [2.45, 2.75) is 38.8 Å². The normalized spacial score (nSPS) is 13.2. The number of carbonyl (C=O) groups is 2. The number of aromatic nitrogens is 1. The summed E-state index contributed by atoms with van der Waals surface area (Å²) in [5, 5.41) is 4.04. The molecule has 1 aliphatic carbocycles. The molecule has 0 aliphatic heterocycles. The molecular formula is C25H30N4O2. The first kappa shape index (κ1) is 21.0.